The van der Waals surface area contributed by atoms with Gasteiger partial charge in [-0.05, 0) is 37.6 Å². The van der Waals surface area contributed by atoms with Crippen molar-refractivity contribution in [2.24, 2.45) is 0 Å². The first-order chi connectivity index (χ1) is 13.2. The first-order valence-corrected chi connectivity index (χ1v) is 10.9. The first-order valence-electron chi connectivity index (χ1n) is 8.91. The zero-order valence-electron chi connectivity index (χ0n) is 15.6. The molecule has 0 atom stereocenters. The minimum atomic E-state index is -3.68. The zero-order chi connectivity index (χ0) is 20.5. The van der Waals surface area contributed by atoms with Gasteiger partial charge < -0.3 is 4.90 Å². The molecule has 148 valence electrons. The maximum atomic E-state index is 13.1. The maximum Gasteiger partial charge on any atom is 0.255 e. The highest BCUT2D eigenvalue weighted by Crippen LogP contribution is 2.30. The number of carbonyl (C=O) groups excluding carboxylic acids is 2. The van der Waals surface area contributed by atoms with Gasteiger partial charge >= 0.3 is 0 Å². The number of hydrogen-bond donors (Lipinski definition) is 0. The fraction of sp³-hybridized carbons (Fsp3) is 0.300. The van der Waals surface area contributed by atoms with E-state index in [9.17, 15) is 18.0 Å². The van der Waals surface area contributed by atoms with Crippen molar-refractivity contribution >= 4 is 39.1 Å². The molecule has 1 heterocycles. The first kappa shape index (κ1) is 20.4. The number of amides is 2. The van der Waals surface area contributed by atoms with Crippen LogP contribution in [0.5, 0.6) is 0 Å². The monoisotopic (exact) mass is 420 g/mol. The average molecular weight is 421 g/mol. The molecule has 1 aliphatic heterocycles. The van der Waals surface area contributed by atoms with Gasteiger partial charge in [0.15, 0.2) is 0 Å². The number of carbonyl (C=O) groups is 2. The molecule has 0 radical (unpaired) electrons. The summed E-state index contributed by atoms with van der Waals surface area (Å²) in [5.74, 6) is -0.975. The molecule has 0 saturated carbocycles. The third kappa shape index (κ3) is 4.05. The highest BCUT2D eigenvalue weighted by atomic mass is 35.5. The van der Waals surface area contributed by atoms with E-state index >= 15 is 0 Å². The molecule has 28 heavy (non-hydrogen) atoms. The van der Waals surface area contributed by atoms with Crippen molar-refractivity contribution in [2.45, 2.75) is 32.9 Å². The Morgan fingerprint density at radius 1 is 1.18 bits per heavy atom. The number of halogens is 1. The topological polar surface area (TPSA) is 74.8 Å². The van der Waals surface area contributed by atoms with E-state index < -0.39 is 15.9 Å². The van der Waals surface area contributed by atoms with E-state index in [2.05, 4.69) is 0 Å². The van der Waals surface area contributed by atoms with Gasteiger partial charge in [-0.2, -0.15) is 0 Å². The third-order valence-corrected chi connectivity index (χ3v) is 6.58. The van der Waals surface area contributed by atoms with Crippen molar-refractivity contribution in [3.63, 3.8) is 0 Å². The molecule has 0 unspecified atom stereocenters. The van der Waals surface area contributed by atoms with E-state index in [0.717, 1.165) is 9.87 Å². The van der Waals surface area contributed by atoms with Crippen LogP contribution >= 0.6 is 11.6 Å². The molecule has 2 aromatic rings. The van der Waals surface area contributed by atoms with Crippen LogP contribution in [0.2, 0.25) is 5.02 Å². The number of nitrogens with zero attached hydrogens (tertiary/aromatic N) is 2. The third-order valence-electron chi connectivity index (χ3n) is 4.58. The summed E-state index contributed by atoms with van der Waals surface area (Å²) in [6, 6.07) is 13.8. The van der Waals surface area contributed by atoms with Crippen molar-refractivity contribution < 1.29 is 18.0 Å². The summed E-state index contributed by atoms with van der Waals surface area (Å²) >= 11 is 6.31. The lowest BCUT2D eigenvalue weighted by molar-refractivity contribution is -0.116. The van der Waals surface area contributed by atoms with Crippen molar-refractivity contribution in [3.05, 3.63) is 64.7 Å². The average Bonchev–Trinajstić information content (AvgIpc) is 2.92. The van der Waals surface area contributed by atoms with Crippen LogP contribution in [-0.4, -0.2) is 36.9 Å². The Labute approximate surface area is 169 Å². The molecular weight excluding hydrogens is 400 g/mol. The molecule has 0 spiro atoms. The van der Waals surface area contributed by atoms with E-state index in [0.29, 0.717) is 6.54 Å². The van der Waals surface area contributed by atoms with Gasteiger partial charge in [-0.3, -0.25) is 9.59 Å². The number of hydrogen-bond acceptors (Lipinski definition) is 4. The molecule has 0 aromatic heterocycles. The SMILES string of the molecule is CC(C)N(Cc1ccccc1)C(=O)c1ccc(N2C(=O)CCS2(=O)=O)cc1Cl. The van der Waals surface area contributed by atoms with Crippen LogP contribution in [-0.2, 0) is 21.4 Å². The highest BCUT2D eigenvalue weighted by molar-refractivity contribution is 7.94. The predicted octanol–water partition coefficient (Wildman–Crippen LogP) is 3.46. The molecule has 8 heteroatoms. The normalized spacial score (nSPS) is 15.9. The van der Waals surface area contributed by atoms with Gasteiger partial charge in [-0.25, -0.2) is 12.7 Å². The van der Waals surface area contributed by atoms with Crippen LogP contribution in [0, 0.1) is 0 Å². The summed E-state index contributed by atoms with van der Waals surface area (Å²) in [5.41, 5.74) is 1.41. The quantitative estimate of drug-likeness (QED) is 0.742. The molecule has 1 saturated heterocycles. The van der Waals surface area contributed by atoms with Gasteiger partial charge in [-0.1, -0.05) is 41.9 Å². The van der Waals surface area contributed by atoms with Crippen LogP contribution in [0.15, 0.2) is 48.5 Å². The zero-order valence-corrected chi connectivity index (χ0v) is 17.2. The summed E-state index contributed by atoms with van der Waals surface area (Å²) in [4.78, 5) is 26.7. The van der Waals surface area contributed by atoms with Crippen molar-refractivity contribution in [1.29, 1.82) is 0 Å². The maximum absolute atomic E-state index is 13.1. The molecular formula is C20H21ClN2O4S. The van der Waals surface area contributed by atoms with Crippen LogP contribution in [0.1, 0.15) is 36.2 Å². The van der Waals surface area contributed by atoms with Gasteiger partial charge in [0.2, 0.25) is 15.9 Å². The number of rotatable bonds is 5. The fourth-order valence-electron chi connectivity index (χ4n) is 3.10. The van der Waals surface area contributed by atoms with Crippen LogP contribution in [0.4, 0.5) is 5.69 Å². The summed E-state index contributed by atoms with van der Waals surface area (Å²) in [6.07, 6.45) is -0.0567. The summed E-state index contributed by atoms with van der Waals surface area (Å²) < 4.78 is 24.9. The molecule has 1 fully saturated rings. The van der Waals surface area contributed by atoms with E-state index in [1.165, 1.54) is 18.2 Å². The second-order valence-corrected chi connectivity index (χ2v) is 9.25. The van der Waals surface area contributed by atoms with Crippen LogP contribution in [0.3, 0.4) is 0 Å². The Kier molecular flexibility index (Phi) is 5.76. The van der Waals surface area contributed by atoms with E-state index in [-0.39, 0.29) is 40.4 Å². The van der Waals surface area contributed by atoms with E-state index in [1.54, 1.807) is 4.90 Å². The van der Waals surface area contributed by atoms with Crippen molar-refractivity contribution in [2.75, 3.05) is 10.1 Å². The van der Waals surface area contributed by atoms with Crippen LogP contribution in [0.25, 0.3) is 0 Å². The predicted molar refractivity (Wildman–Crippen MR) is 109 cm³/mol. The molecule has 0 N–H and O–H groups in total. The van der Waals surface area contributed by atoms with E-state index in [4.69, 9.17) is 11.6 Å². The van der Waals surface area contributed by atoms with E-state index in [1.807, 2.05) is 44.2 Å². The van der Waals surface area contributed by atoms with Gasteiger partial charge in [0.1, 0.15) is 0 Å². The molecule has 6 nitrogen and oxygen atoms in total. The smallest absolute Gasteiger partial charge is 0.255 e. The second-order valence-electron chi connectivity index (χ2n) is 6.90. The lowest BCUT2D eigenvalue weighted by atomic mass is 10.1. The minimum Gasteiger partial charge on any atom is -0.332 e. The van der Waals surface area contributed by atoms with Crippen molar-refractivity contribution in [3.8, 4) is 0 Å². The Balaban J connectivity index is 1.90. The largest absolute Gasteiger partial charge is 0.332 e. The minimum absolute atomic E-state index is 0.0567. The summed E-state index contributed by atoms with van der Waals surface area (Å²) in [7, 11) is -3.68. The Morgan fingerprint density at radius 3 is 2.39 bits per heavy atom. The molecule has 0 bridgehead atoms. The second kappa shape index (κ2) is 7.93. The molecule has 0 aliphatic carbocycles. The lowest BCUT2D eigenvalue weighted by Gasteiger charge is -2.27. The number of benzene rings is 2. The molecule has 1 aliphatic rings. The van der Waals surface area contributed by atoms with Gasteiger partial charge in [-0.15, -0.1) is 0 Å². The summed E-state index contributed by atoms with van der Waals surface area (Å²) in [6.45, 7) is 4.26. The van der Waals surface area contributed by atoms with Crippen molar-refractivity contribution in [1.82, 2.24) is 4.90 Å². The van der Waals surface area contributed by atoms with Crippen LogP contribution < -0.4 is 4.31 Å². The lowest BCUT2D eigenvalue weighted by Crippen LogP contribution is -2.36. The summed E-state index contributed by atoms with van der Waals surface area (Å²) in [5, 5.41) is 0.108. The standard InChI is InChI=1S/C20H21ClN2O4S/c1-14(2)22(13-15-6-4-3-5-7-15)20(25)17-9-8-16(12-18(17)21)23-19(24)10-11-28(23,26)27/h3-9,12,14H,10-11,13H2,1-2H3. The molecule has 2 aromatic carbocycles. The molecule has 2 amide bonds. The number of sulfonamides is 1. The fourth-order valence-corrected chi connectivity index (χ4v) is 4.80. The van der Waals surface area contributed by atoms with Gasteiger partial charge in [0, 0.05) is 19.0 Å². The van der Waals surface area contributed by atoms with Gasteiger partial charge in [0.05, 0.1) is 22.0 Å². The number of anilines is 1. The van der Waals surface area contributed by atoms with Gasteiger partial charge in [0.25, 0.3) is 5.91 Å². The highest BCUT2D eigenvalue weighted by Gasteiger charge is 2.36. The Morgan fingerprint density at radius 2 is 1.86 bits per heavy atom. The Bertz CT molecular complexity index is 1010. The molecule has 3 rings (SSSR count). The Hall–Kier alpha value is -2.38.